The lowest BCUT2D eigenvalue weighted by molar-refractivity contribution is 0.0997. The molecular weight excluding hydrogens is 424 g/mol. The van der Waals surface area contributed by atoms with Crippen LogP contribution in [0.3, 0.4) is 0 Å². The van der Waals surface area contributed by atoms with Gasteiger partial charge in [0.2, 0.25) is 0 Å². The minimum atomic E-state index is -0.597. The first-order valence-corrected chi connectivity index (χ1v) is 10.0. The maximum absolute atomic E-state index is 11.8. The number of pyridine rings is 1. The number of rotatable bonds is 5. The fourth-order valence-electron chi connectivity index (χ4n) is 3.10. The molecule has 2 heterocycles. The van der Waals surface area contributed by atoms with Gasteiger partial charge < -0.3 is 25.4 Å². The van der Waals surface area contributed by atoms with Crippen LogP contribution in [-0.4, -0.2) is 41.1 Å². The van der Waals surface area contributed by atoms with Gasteiger partial charge in [-0.3, -0.25) is 9.78 Å². The van der Waals surface area contributed by atoms with Crippen molar-refractivity contribution in [2.24, 2.45) is 5.73 Å². The van der Waals surface area contributed by atoms with Crippen molar-refractivity contribution in [1.82, 2.24) is 9.88 Å². The predicted octanol–water partition coefficient (Wildman–Crippen LogP) is 4.19. The molecule has 4 rings (SSSR count). The number of halogens is 1. The first-order chi connectivity index (χ1) is 14.5. The molecule has 0 bridgehead atoms. The number of nitrogens with two attached hydrogens (primary N) is 1. The Morgan fingerprint density at radius 2 is 2.03 bits per heavy atom. The SMILES string of the molecule is COc1cc2nccc(Oc3ccc(NC(=S)N4CCC4)c(Cl)c3)c2cc1C(N)=O. The Labute approximate surface area is 183 Å². The highest BCUT2D eigenvalue weighted by molar-refractivity contribution is 7.80. The van der Waals surface area contributed by atoms with Crippen molar-refractivity contribution >= 4 is 51.4 Å². The van der Waals surface area contributed by atoms with Gasteiger partial charge in [0.1, 0.15) is 17.2 Å². The van der Waals surface area contributed by atoms with Crippen LogP contribution in [0.5, 0.6) is 17.2 Å². The first-order valence-electron chi connectivity index (χ1n) is 9.26. The summed E-state index contributed by atoms with van der Waals surface area (Å²) in [6, 6.07) is 10.3. The number of amides is 1. The largest absolute Gasteiger partial charge is 0.496 e. The highest BCUT2D eigenvalue weighted by Crippen LogP contribution is 2.35. The lowest BCUT2D eigenvalue weighted by Crippen LogP contribution is -2.44. The molecule has 30 heavy (non-hydrogen) atoms. The maximum atomic E-state index is 11.8. The second kappa shape index (κ2) is 8.33. The summed E-state index contributed by atoms with van der Waals surface area (Å²) in [6.07, 6.45) is 2.76. The van der Waals surface area contributed by atoms with Crippen molar-refractivity contribution in [3.05, 3.63) is 53.2 Å². The van der Waals surface area contributed by atoms with Gasteiger partial charge in [-0.2, -0.15) is 0 Å². The monoisotopic (exact) mass is 442 g/mol. The van der Waals surface area contributed by atoms with Crippen molar-refractivity contribution in [2.75, 3.05) is 25.5 Å². The molecule has 154 valence electrons. The van der Waals surface area contributed by atoms with Crippen molar-refractivity contribution in [3.8, 4) is 17.2 Å². The summed E-state index contributed by atoms with van der Waals surface area (Å²) in [4.78, 5) is 18.2. The van der Waals surface area contributed by atoms with E-state index in [0.29, 0.717) is 44.0 Å². The third-order valence-electron chi connectivity index (χ3n) is 4.84. The van der Waals surface area contributed by atoms with Crippen LogP contribution in [-0.2, 0) is 0 Å². The number of fused-ring (bicyclic) bond motifs is 1. The zero-order valence-electron chi connectivity index (χ0n) is 16.1. The number of anilines is 1. The van der Waals surface area contributed by atoms with Crippen LogP contribution in [0.15, 0.2) is 42.6 Å². The second-order valence-electron chi connectivity index (χ2n) is 6.76. The molecule has 1 aromatic heterocycles. The summed E-state index contributed by atoms with van der Waals surface area (Å²) < 4.78 is 11.3. The Morgan fingerprint density at radius 1 is 1.23 bits per heavy atom. The minimum absolute atomic E-state index is 0.250. The Kier molecular flexibility index (Phi) is 5.61. The lowest BCUT2D eigenvalue weighted by atomic mass is 10.1. The number of primary amides is 1. The van der Waals surface area contributed by atoms with E-state index in [0.717, 1.165) is 19.5 Å². The number of ether oxygens (including phenoxy) is 2. The number of thiocarbonyl (C=S) groups is 1. The molecule has 7 nitrogen and oxygen atoms in total. The molecule has 0 saturated carbocycles. The molecule has 1 aliphatic rings. The highest BCUT2D eigenvalue weighted by Gasteiger charge is 2.18. The summed E-state index contributed by atoms with van der Waals surface area (Å²) in [5, 5.41) is 4.93. The molecule has 0 aliphatic carbocycles. The average molecular weight is 443 g/mol. The van der Waals surface area contributed by atoms with Gasteiger partial charge in [0, 0.05) is 36.8 Å². The van der Waals surface area contributed by atoms with Crippen LogP contribution in [0.4, 0.5) is 5.69 Å². The number of aromatic nitrogens is 1. The normalized spacial score (nSPS) is 12.9. The van der Waals surface area contributed by atoms with Crippen molar-refractivity contribution in [1.29, 1.82) is 0 Å². The number of carbonyl (C=O) groups excluding carboxylic acids is 1. The molecular formula is C21H19ClN4O3S. The molecule has 1 fully saturated rings. The van der Waals surface area contributed by atoms with Crippen LogP contribution in [0, 0.1) is 0 Å². The van der Waals surface area contributed by atoms with E-state index in [1.54, 1.807) is 36.5 Å². The molecule has 3 aromatic rings. The van der Waals surface area contributed by atoms with E-state index >= 15 is 0 Å². The van der Waals surface area contributed by atoms with Gasteiger partial charge in [-0.05, 0) is 42.9 Å². The van der Waals surface area contributed by atoms with Gasteiger partial charge in [0.05, 0.1) is 28.9 Å². The molecule has 9 heteroatoms. The van der Waals surface area contributed by atoms with Crippen LogP contribution in [0.25, 0.3) is 10.9 Å². The molecule has 2 aromatic carbocycles. The minimum Gasteiger partial charge on any atom is -0.496 e. The molecule has 1 aliphatic heterocycles. The molecule has 3 N–H and O–H groups in total. The number of hydrogen-bond acceptors (Lipinski definition) is 5. The molecule has 0 atom stereocenters. The number of nitrogens with zero attached hydrogens (tertiary/aromatic N) is 2. The smallest absolute Gasteiger partial charge is 0.252 e. The first kappa shape index (κ1) is 20.2. The van der Waals surface area contributed by atoms with E-state index in [-0.39, 0.29) is 5.56 Å². The highest BCUT2D eigenvalue weighted by atomic mass is 35.5. The predicted molar refractivity (Wildman–Crippen MR) is 121 cm³/mol. The number of likely N-dealkylation sites (tertiary alicyclic amines) is 1. The number of carbonyl (C=O) groups is 1. The number of benzene rings is 2. The molecule has 0 radical (unpaired) electrons. The topological polar surface area (TPSA) is 89.7 Å². The van der Waals surface area contributed by atoms with Gasteiger partial charge >= 0.3 is 0 Å². The molecule has 0 spiro atoms. The maximum Gasteiger partial charge on any atom is 0.252 e. The van der Waals surface area contributed by atoms with Gasteiger partial charge in [-0.15, -0.1) is 0 Å². The lowest BCUT2D eigenvalue weighted by Gasteiger charge is -2.33. The third-order valence-corrected chi connectivity index (χ3v) is 5.51. The summed E-state index contributed by atoms with van der Waals surface area (Å²) >= 11 is 11.8. The second-order valence-corrected chi connectivity index (χ2v) is 7.55. The summed E-state index contributed by atoms with van der Waals surface area (Å²) in [5.41, 5.74) is 7.05. The van der Waals surface area contributed by atoms with Crippen molar-refractivity contribution in [3.63, 3.8) is 0 Å². The summed E-state index contributed by atoms with van der Waals surface area (Å²) in [5.74, 6) is 0.805. The van der Waals surface area contributed by atoms with Crippen molar-refractivity contribution < 1.29 is 14.3 Å². The van der Waals surface area contributed by atoms with E-state index in [9.17, 15) is 4.79 Å². The van der Waals surface area contributed by atoms with Crippen LogP contribution in [0.1, 0.15) is 16.8 Å². The quantitative estimate of drug-likeness (QED) is 0.572. The summed E-state index contributed by atoms with van der Waals surface area (Å²) in [6.45, 7) is 1.91. The number of hydrogen-bond donors (Lipinski definition) is 2. The van der Waals surface area contributed by atoms with Gasteiger partial charge in [0.25, 0.3) is 5.91 Å². The summed E-state index contributed by atoms with van der Waals surface area (Å²) in [7, 11) is 1.47. The zero-order chi connectivity index (χ0) is 21.3. The van der Waals surface area contributed by atoms with E-state index < -0.39 is 5.91 Å². The van der Waals surface area contributed by atoms with E-state index in [1.807, 2.05) is 6.07 Å². The van der Waals surface area contributed by atoms with Gasteiger partial charge in [-0.1, -0.05) is 11.6 Å². The molecule has 0 unspecified atom stereocenters. The Morgan fingerprint density at radius 3 is 2.67 bits per heavy atom. The Hall–Kier alpha value is -3.10. The van der Waals surface area contributed by atoms with Crippen molar-refractivity contribution in [2.45, 2.75) is 6.42 Å². The fourth-order valence-corrected chi connectivity index (χ4v) is 3.61. The molecule has 1 amide bonds. The van der Waals surface area contributed by atoms with E-state index in [2.05, 4.69) is 15.2 Å². The fraction of sp³-hybridized carbons (Fsp3) is 0.190. The number of nitrogens with one attached hydrogen (secondary N) is 1. The molecule has 1 saturated heterocycles. The number of methoxy groups -OCH3 is 1. The Balaban J connectivity index is 1.62. The Bertz CT molecular complexity index is 1150. The van der Waals surface area contributed by atoms with Gasteiger partial charge in [-0.25, -0.2) is 0 Å². The third kappa shape index (κ3) is 3.96. The average Bonchev–Trinajstić information content (AvgIpc) is 2.67. The van der Waals surface area contributed by atoms with Crippen LogP contribution < -0.4 is 20.5 Å². The van der Waals surface area contributed by atoms with Crippen LogP contribution in [0.2, 0.25) is 5.02 Å². The standard InChI is InChI=1S/C21H19ClN4O3S/c1-28-19-11-17-13(10-14(19)20(23)27)18(5-6-24-17)29-12-3-4-16(15(22)9-12)25-21(30)26-7-2-8-26/h3-6,9-11H,2,7-8H2,1H3,(H2,23,27)(H,25,30). The van der Waals surface area contributed by atoms with E-state index in [1.165, 1.54) is 7.11 Å². The van der Waals surface area contributed by atoms with Crippen LogP contribution >= 0.6 is 23.8 Å². The van der Waals surface area contributed by atoms with Gasteiger partial charge in [0.15, 0.2) is 5.11 Å². The van der Waals surface area contributed by atoms with E-state index in [4.69, 9.17) is 39.0 Å². The zero-order valence-corrected chi connectivity index (χ0v) is 17.7.